The van der Waals surface area contributed by atoms with Crippen LogP contribution in [-0.2, 0) is 23.9 Å². The van der Waals surface area contributed by atoms with Gasteiger partial charge in [-0.1, -0.05) is 20.8 Å². The van der Waals surface area contributed by atoms with Crippen molar-refractivity contribution < 1.29 is 43.6 Å². The zero-order valence-electron chi connectivity index (χ0n) is 19.3. The van der Waals surface area contributed by atoms with Crippen LogP contribution in [0.25, 0.3) is 0 Å². The third-order valence-electron chi connectivity index (χ3n) is 9.31. The van der Waals surface area contributed by atoms with E-state index in [0.717, 1.165) is 13.0 Å². The summed E-state index contributed by atoms with van der Waals surface area (Å²) < 4.78 is 21.9. The van der Waals surface area contributed by atoms with Crippen molar-refractivity contribution >= 4 is 23.3 Å². The van der Waals surface area contributed by atoms with Crippen molar-refractivity contribution in [1.82, 2.24) is 0 Å². The van der Waals surface area contributed by atoms with E-state index in [-0.39, 0.29) is 30.6 Å². The van der Waals surface area contributed by atoms with Crippen molar-refractivity contribution in [1.29, 1.82) is 0 Å². The van der Waals surface area contributed by atoms with Crippen molar-refractivity contribution in [3.8, 4) is 0 Å². The van der Waals surface area contributed by atoms with Crippen LogP contribution in [0.5, 0.6) is 0 Å². The molecule has 3 saturated carbocycles. The molecule has 0 heterocycles. The molecule has 4 aliphatic carbocycles. The first-order chi connectivity index (χ1) is 15.2. The number of fused-ring (bicyclic) bond motifs is 5. The van der Waals surface area contributed by atoms with Crippen molar-refractivity contribution in [2.75, 3.05) is 6.61 Å². The fourth-order valence-electron chi connectivity index (χ4n) is 7.52. The molecule has 4 rings (SSSR count). The van der Waals surface area contributed by atoms with Crippen LogP contribution in [0.1, 0.15) is 53.4 Å². The minimum atomic E-state index is -2.58. The lowest BCUT2D eigenvalue weighted by Crippen LogP contribution is -2.73. The largest absolute Gasteiger partial charge is 0.458 e. The van der Waals surface area contributed by atoms with Crippen LogP contribution < -0.4 is 0 Å². The molecule has 0 bridgehead atoms. The summed E-state index contributed by atoms with van der Waals surface area (Å²) in [4.78, 5) is 49.9. The van der Waals surface area contributed by atoms with Crippen LogP contribution in [0.4, 0.5) is 4.39 Å². The molecule has 0 aromatic rings. The smallest absolute Gasteiger partial charge is 0.303 e. The van der Waals surface area contributed by atoms with E-state index >= 15 is 4.39 Å². The molecule has 3 N–H and O–H groups in total. The van der Waals surface area contributed by atoms with Crippen LogP contribution in [0, 0.1) is 28.6 Å². The summed E-state index contributed by atoms with van der Waals surface area (Å²) in [5.41, 5.74) is -7.58. The van der Waals surface area contributed by atoms with Crippen LogP contribution >= 0.6 is 0 Å². The molecule has 9 heteroatoms. The van der Waals surface area contributed by atoms with E-state index < -0.39 is 82.6 Å². The molecule has 0 amide bonds. The number of hydrogen-bond acceptors (Lipinski definition) is 8. The van der Waals surface area contributed by atoms with E-state index in [4.69, 9.17) is 4.74 Å². The number of halogens is 1. The fourth-order valence-corrected chi connectivity index (χ4v) is 7.52. The number of carbonyl (C=O) groups is 4. The number of Topliss-reactive ketones (excluding diaryl/α,β-unsaturated/α-hetero) is 2. The first kappa shape index (κ1) is 24.2. The van der Waals surface area contributed by atoms with Crippen LogP contribution in [0.15, 0.2) is 11.6 Å². The van der Waals surface area contributed by atoms with Gasteiger partial charge in [-0.05, 0) is 36.3 Å². The maximum Gasteiger partial charge on any atom is 0.303 e. The van der Waals surface area contributed by atoms with Gasteiger partial charge in [-0.3, -0.25) is 19.2 Å². The lowest BCUT2D eigenvalue weighted by atomic mass is 9.43. The quantitative estimate of drug-likeness (QED) is 0.520. The zero-order chi connectivity index (χ0) is 24.7. The van der Waals surface area contributed by atoms with Gasteiger partial charge in [-0.25, -0.2) is 4.39 Å². The maximum absolute atomic E-state index is 17.1. The molecular weight excluding hydrogens is 435 g/mol. The van der Waals surface area contributed by atoms with E-state index in [1.54, 1.807) is 6.92 Å². The molecule has 0 unspecified atom stereocenters. The number of ether oxygens (including phenoxy) is 1. The molecular formula is C24H31FO8. The molecule has 8 nitrogen and oxygen atoms in total. The summed E-state index contributed by atoms with van der Waals surface area (Å²) >= 11 is 0. The Morgan fingerprint density at radius 2 is 1.88 bits per heavy atom. The summed E-state index contributed by atoms with van der Waals surface area (Å²) in [5.74, 6) is -5.57. The summed E-state index contributed by atoms with van der Waals surface area (Å²) in [6.07, 6.45) is -2.42. The summed E-state index contributed by atoms with van der Waals surface area (Å²) in [7, 11) is 0. The lowest BCUT2D eigenvalue weighted by Gasteiger charge is -2.62. The Hall–Kier alpha value is -1.97. The van der Waals surface area contributed by atoms with E-state index in [9.17, 15) is 34.5 Å². The molecule has 0 aliphatic heterocycles. The SMILES string of the molecule is CC(=O)OCC(=O)[C@@]1(O)[C@@H](C)C[C@H]2[C@@H]3[C@@H](O)[C@@H](O)C4=CC(=O)CC[C@]4(C)[C@@]3(F)C(=O)C[C@@]21C. The van der Waals surface area contributed by atoms with Gasteiger partial charge >= 0.3 is 5.97 Å². The zero-order valence-corrected chi connectivity index (χ0v) is 19.3. The Morgan fingerprint density at radius 3 is 2.48 bits per heavy atom. The Kier molecular flexibility index (Phi) is 5.32. The second-order valence-corrected chi connectivity index (χ2v) is 10.8. The number of carbonyl (C=O) groups excluding carboxylic acids is 4. The molecule has 0 aromatic carbocycles. The number of rotatable bonds is 3. The van der Waals surface area contributed by atoms with E-state index in [1.165, 1.54) is 13.8 Å². The van der Waals surface area contributed by atoms with Gasteiger partial charge in [0.05, 0.1) is 6.10 Å². The standard InChI is InChI=1S/C24H31FO8/c1-11-7-14-18-20(31)19(30)15-8-13(27)5-6-21(15,3)23(18,25)16(28)9-22(14,4)24(11,32)17(29)10-33-12(2)26/h8,11,14,18-20,30-32H,5-7,9-10H2,1-4H3/t11-,14-,18+,19-,20+,21-,22-,23+,24-/m0/s1. The van der Waals surface area contributed by atoms with Crippen LogP contribution in [0.2, 0.25) is 0 Å². The molecule has 33 heavy (non-hydrogen) atoms. The van der Waals surface area contributed by atoms with E-state index in [0.29, 0.717) is 0 Å². The predicted octanol–water partition coefficient (Wildman–Crippen LogP) is 0.840. The molecule has 0 saturated heterocycles. The van der Waals surface area contributed by atoms with Gasteiger partial charge in [0.1, 0.15) is 11.7 Å². The van der Waals surface area contributed by atoms with Gasteiger partial charge in [0.15, 0.2) is 23.8 Å². The highest BCUT2D eigenvalue weighted by Crippen LogP contribution is 2.70. The number of aliphatic hydroxyl groups is 3. The maximum atomic E-state index is 17.1. The number of alkyl halides is 1. The minimum absolute atomic E-state index is 0.00875. The molecule has 4 aliphatic rings. The van der Waals surface area contributed by atoms with Crippen LogP contribution in [-0.4, -0.2) is 68.7 Å². The second kappa shape index (κ2) is 7.26. The number of ketones is 3. The average Bonchev–Trinajstić information content (AvgIpc) is 2.93. The van der Waals surface area contributed by atoms with E-state index in [2.05, 4.69) is 0 Å². The first-order valence-electron chi connectivity index (χ1n) is 11.4. The monoisotopic (exact) mass is 466 g/mol. The Balaban J connectivity index is 1.84. The van der Waals surface area contributed by atoms with Crippen molar-refractivity contribution in [3.63, 3.8) is 0 Å². The topological polar surface area (TPSA) is 138 Å². The summed E-state index contributed by atoms with van der Waals surface area (Å²) in [5, 5.41) is 33.7. The molecule has 0 spiro atoms. The second-order valence-electron chi connectivity index (χ2n) is 10.8. The van der Waals surface area contributed by atoms with Gasteiger partial charge in [0, 0.05) is 36.5 Å². The van der Waals surface area contributed by atoms with Gasteiger partial charge in [0.25, 0.3) is 0 Å². The van der Waals surface area contributed by atoms with Gasteiger partial charge in [-0.2, -0.15) is 0 Å². The Bertz CT molecular complexity index is 976. The van der Waals surface area contributed by atoms with Crippen LogP contribution in [0.3, 0.4) is 0 Å². The molecule has 0 radical (unpaired) electrons. The number of hydrogen-bond donors (Lipinski definition) is 3. The van der Waals surface area contributed by atoms with Gasteiger partial charge in [0.2, 0.25) is 5.78 Å². The third-order valence-corrected chi connectivity index (χ3v) is 9.31. The summed E-state index contributed by atoms with van der Waals surface area (Å²) in [6, 6.07) is 0. The predicted molar refractivity (Wildman–Crippen MR) is 111 cm³/mol. The third kappa shape index (κ3) is 2.79. The van der Waals surface area contributed by atoms with Crippen molar-refractivity contribution in [2.45, 2.75) is 76.9 Å². The highest BCUT2D eigenvalue weighted by atomic mass is 19.1. The van der Waals surface area contributed by atoms with Gasteiger partial charge in [-0.15, -0.1) is 0 Å². The first-order valence-corrected chi connectivity index (χ1v) is 11.4. The average molecular weight is 467 g/mol. The van der Waals surface area contributed by atoms with Crippen molar-refractivity contribution in [2.24, 2.45) is 28.6 Å². The molecule has 9 atom stereocenters. The Morgan fingerprint density at radius 1 is 1.24 bits per heavy atom. The highest BCUT2D eigenvalue weighted by molar-refractivity contribution is 5.98. The number of esters is 1. The highest BCUT2D eigenvalue weighted by Gasteiger charge is 2.78. The minimum Gasteiger partial charge on any atom is -0.458 e. The number of aliphatic hydroxyl groups excluding tert-OH is 2. The summed E-state index contributed by atoms with van der Waals surface area (Å²) in [6.45, 7) is 5.08. The normalized spacial score (nSPS) is 49.0. The lowest BCUT2D eigenvalue weighted by molar-refractivity contribution is -0.217. The Labute approximate surface area is 191 Å². The molecule has 3 fully saturated rings. The van der Waals surface area contributed by atoms with Crippen molar-refractivity contribution in [3.05, 3.63) is 11.6 Å². The fraction of sp³-hybridized carbons (Fsp3) is 0.750. The molecule has 0 aromatic heterocycles. The van der Waals surface area contributed by atoms with E-state index in [1.807, 2.05) is 0 Å². The molecule has 182 valence electrons. The van der Waals surface area contributed by atoms with Gasteiger partial charge < -0.3 is 20.1 Å².